The summed E-state index contributed by atoms with van der Waals surface area (Å²) in [6.45, 7) is 0.551. The Hall–Kier alpha value is -4.57. The number of methoxy groups -OCH3 is 1. The molecule has 4 aromatic rings. The molecule has 3 saturated carbocycles. The molecule has 8 nitrogen and oxygen atoms in total. The van der Waals surface area contributed by atoms with Gasteiger partial charge in [0.2, 0.25) is 5.91 Å². The maximum atomic E-state index is 15.3. The van der Waals surface area contributed by atoms with Crippen LogP contribution in [-0.2, 0) is 16.0 Å². The Labute approximate surface area is 271 Å². The van der Waals surface area contributed by atoms with Crippen molar-refractivity contribution in [2.24, 2.45) is 5.41 Å². The van der Waals surface area contributed by atoms with Gasteiger partial charge in [-0.2, -0.15) is 0 Å². The van der Waals surface area contributed by atoms with Gasteiger partial charge in [-0.05, 0) is 86.6 Å². The molecule has 3 aliphatic rings. The van der Waals surface area contributed by atoms with Gasteiger partial charge in [0, 0.05) is 41.9 Å². The van der Waals surface area contributed by atoms with Crippen molar-refractivity contribution in [2.75, 3.05) is 19.0 Å². The van der Waals surface area contributed by atoms with Crippen molar-refractivity contribution < 1.29 is 32.6 Å². The third-order valence-corrected chi connectivity index (χ3v) is 9.63. The predicted molar refractivity (Wildman–Crippen MR) is 173 cm³/mol. The minimum absolute atomic E-state index is 0.0177. The first-order chi connectivity index (χ1) is 22.8. The molecule has 3 aromatic carbocycles. The fourth-order valence-corrected chi connectivity index (χ4v) is 6.44. The number of ether oxygens (including phenoxy) is 3. The van der Waals surface area contributed by atoms with E-state index in [2.05, 4.69) is 15.6 Å². The third-order valence-electron chi connectivity index (χ3n) is 9.63. The number of hydrogen-bond donors (Lipinski definition) is 2. The zero-order valence-electron chi connectivity index (χ0n) is 26.2. The molecule has 2 N–H and O–H groups in total. The van der Waals surface area contributed by atoms with Crippen LogP contribution in [0.4, 0.5) is 14.5 Å². The van der Waals surface area contributed by atoms with Gasteiger partial charge in [-0.25, -0.2) is 8.78 Å². The second-order valence-electron chi connectivity index (χ2n) is 13.0. The summed E-state index contributed by atoms with van der Waals surface area (Å²) in [7, 11) is 1.59. The summed E-state index contributed by atoms with van der Waals surface area (Å²) in [6, 6.07) is 15.6. The van der Waals surface area contributed by atoms with Crippen molar-refractivity contribution >= 4 is 28.3 Å². The molecule has 7 rings (SSSR count). The van der Waals surface area contributed by atoms with Gasteiger partial charge in [-0.15, -0.1) is 0 Å². The molecule has 244 valence electrons. The summed E-state index contributed by atoms with van der Waals surface area (Å²) in [5.41, 5.74) is 0.0142. The van der Waals surface area contributed by atoms with Crippen molar-refractivity contribution in [3.63, 3.8) is 0 Å². The lowest BCUT2D eigenvalue weighted by Crippen LogP contribution is -2.42. The second-order valence-corrected chi connectivity index (χ2v) is 13.0. The lowest BCUT2D eigenvalue weighted by Gasteiger charge is -2.23. The number of carbonyl (C=O) groups excluding carboxylic acids is 2. The van der Waals surface area contributed by atoms with E-state index in [1.807, 2.05) is 12.1 Å². The quantitative estimate of drug-likeness (QED) is 0.148. The van der Waals surface area contributed by atoms with E-state index in [0.29, 0.717) is 59.3 Å². The van der Waals surface area contributed by atoms with Crippen LogP contribution in [0.3, 0.4) is 0 Å². The van der Waals surface area contributed by atoms with E-state index in [1.54, 1.807) is 25.4 Å². The molecule has 0 atom stereocenters. The number of fused-ring (bicyclic) bond motifs is 1. The highest BCUT2D eigenvalue weighted by molar-refractivity contribution is 6.14. The summed E-state index contributed by atoms with van der Waals surface area (Å²) >= 11 is 0. The fraction of sp³-hybridized carbons (Fsp3) is 0.378. The minimum Gasteiger partial charge on any atom is -0.493 e. The van der Waals surface area contributed by atoms with E-state index in [9.17, 15) is 14.0 Å². The van der Waals surface area contributed by atoms with Gasteiger partial charge in [-0.1, -0.05) is 18.9 Å². The molecule has 0 aliphatic heterocycles. The Morgan fingerprint density at radius 3 is 2.36 bits per heavy atom. The highest BCUT2D eigenvalue weighted by Crippen LogP contribution is 2.48. The number of amides is 1. The maximum absolute atomic E-state index is 15.3. The lowest BCUT2D eigenvalue weighted by atomic mass is 9.93. The molecule has 0 bridgehead atoms. The smallest absolute Gasteiger partial charge is 0.238 e. The molecule has 10 heteroatoms. The summed E-state index contributed by atoms with van der Waals surface area (Å²) in [4.78, 5) is 30.6. The number of benzene rings is 3. The van der Waals surface area contributed by atoms with Crippen LogP contribution in [0.1, 0.15) is 56.9 Å². The van der Waals surface area contributed by atoms with Gasteiger partial charge in [0.05, 0.1) is 18.2 Å². The minimum atomic E-state index is -1.21. The molecule has 0 saturated heterocycles. The van der Waals surface area contributed by atoms with E-state index in [0.717, 1.165) is 12.8 Å². The number of hydrogen-bond acceptors (Lipinski definition) is 7. The first-order valence-corrected chi connectivity index (χ1v) is 16.2. The third kappa shape index (κ3) is 6.65. The molecule has 0 spiro atoms. The summed E-state index contributed by atoms with van der Waals surface area (Å²) < 4.78 is 46.6. The van der Waals surface area contributed by atoms with E-state index in [4.69, 9.17) is 14.2 Å². The van der Waals surface area contributed by atoms with E-state index in [1.165, 1.54) is 62.1 Å². The van der Waals surface area contributed by atoms with Crippen molar-refractivity contribution in [1.82, 2.24) is 10.3 Å². The van der Waals surface area contributed by atoms with Crippen LogP contribution in [0.25, 0.3) is 10.9 Å². The number of halogens is 2. The number of anilines is 1. The van der Waals surface area contributed by atoms with Crippen molar-refractivity contribution in [1.29, 1.82) is 0 Å². The highest BCUT2D eigenvalue weighted by Gasteiger charge is 2.55. The number of rotatable bonds is 13. The largest absolute Gasteiger partial charge is 0.493 e. The molecule has 1 amide bonds. The average molecular weight is 642 g/mol. The van der Waals surface area contributed by atoms with E-state index in [-0.39, 0.29) is 29.1 Å². The first-order valence-electron chi connectivity index (χ1n) is 16.2. The standard InChI is InChI=1S/C37H37F2N3O5/c1-45-32-20-28-30(21-33(32)46-22-36(13-14-36)42-26-4-2-3-5-26)40-17-12-31(28)47-27-11-6-23(29(39)19-27)18-34(43)37(15-16-37)35(44)41-25-9-7-24(38)8-10-25/h6-12,17,19-21,26,42H,2-5,13-16,18,22H2,1H3,(H,41,44). The lowest BCUT2D eigenvalue weighted by molar-refractivity contribution is -0.132. The van der Waals surface area contributed by atoms with Crippen LogP contribution in [0, 0.1) is 17.0 Å². The Bertz CT molecular complexity index is 1820. The molecule has 0 unspecified atom stereocenters. The second kappa shape index (κ2) is 12.6. The number of ketones is 1. The predicted octanol–water partition coefficient (Wildman–Crippen LogP) is 7.29. The Morgan fingerprint density at radius 2 is 1.68 bits per heavy atom. The SMILES string of the molecule is COc1cc2c(Oc3ccc(CC(=O)C4(C(=O)Nc5ccc(F)cc5)CC4)c(F)c3)ccnc2cc1OCC1(NC2CCCC2)CC1. The summed E-state index contributed by atoms with van der Waals surface area (Å²) in [6.07, 6.45) is 9.32. The van der Waals surface area contributed by atoms with Crippen LogP contribution in [0.2, 0.25) is 0 Å². The number of pyridine rings is 1. The molecule has 3 aliphatic carbocycles. The van der Waals surface area contributed by atoms with Crippen molar-refractivity contribution in [2.45, 2.75) is 69.4 Å². The van der Waals surface area contributed by atoms with Gasteiger partial charge >= 0.3 is 0 Å². The fourth-order valence-electron chi connectivity index (χ4n) is 6.44. The van der Waals surface area contributed by atoms with Crippen LogP contribution in [0.5, 0.6) is 23.0 Å². The van der Waals surface area contributed by atoms with Crippen LogP contribution in [0.15, 0.2) is 66.9 Å². The first kappa shape index (κ1) is 31.1. The van der Waals surface area contributed by atoms with E-state index < -0.39 is 23.0 Å². The zero-order valence-corrected chi connectivity index (χ0v) is 26.2. The van der Waals surface area contributed by atoms with Crippen molar-refractivity contribution in [3.8, 4) is 23.0 Å². The van der Waals surface area contributed by atoms with Gasteiger partial charge in [0.1, 0.15) is 35.2 Å². The molecular weight excluding hydrogens is 604 g/mol. The van der Waals surface area contributed by atoms with Gasteiger partial charge in [0.15, 0.2) is 17.3 Å². The van der Waals surface area contributed by atoms with Crippen LogP contribution in [-0.4, -0.2) is 42.0 Å². The molecule has 1 aromatic heterocycles. The Kier molecular flexibility index (Phi) is 8.30. The van der Waals surface area contributed by atoms with Crippen LogP contribution >= 0.6 is 0 Å². The topological polar surface area (TPSA) is 98.8 Å². The number of nitrogens with zero attached hydrogens (tertiary/aromatic N) is 1. The normalized spacial score (nSPS) is 17.7. The summed E-state index contributed by atoms with van der Waals surface area (Å²) in [5, 5.41) is 7.16. The zero-order chi connectivity index (χ0) is 32.6. The Balaban J connectivity index is 1.02. The highest BCUT2D eigenvalue weighted by atomic mass is 19.1. The number of nitrogens with one attached hydrogen (secondary N) is 2. The number of carbonyl (C=O) groups is 2. The molecule has 0 radical (unpaired) electrons. The van der Waals surface area contributed by atoms with Crippen molar-refractivity contribution in [3.05, 3.63) is 84.1 Å². The van der Waals surface area contributed by atoms with Gasteiger partial charge in [-0.3, -0.25) is 14.6 Å². The molecule has 1 heterocycles. The number of aromatic nitrogens is 1. The monoisotopic (exact) mass is 641 g/mol. The average Bonchev–Trinajstić information content (AvgIpc) is 3.99. The Morgan fingerprint density at radius 1 is 0.915 bits per heavy atom. The van der Waals surface area contributed by atoms with Gasteiger partial charge < -0.3 is 24.8 Å². The van der Waals surface area contributed by atoms with Gasteiger partial charge in [0.25, 0.3) is 0 Å². The molecular formula is C37H37F2N3O5. The maximum Gasteiger partial charge on any atom is 0.238 e. The molecule has 47 heavy (non-hydrogen) atoms. The van der Waals surface area contributed by atoms with E-state index >= 15 is 4.39 Å². The number of Topliss-reactive ketones (excluding diaryl/α,β-unsaturated/α-hetero) is 1. The summed E-state index contributed by atoms with van der Waals surface area (Å²) in [5.74, 6) is -0.0185. The molecule has 3 fully saturated rings. The van der Waals surface area contributed by atoms with Crippen LogP contribution < -0.4 is 24.8 Å².